The predicted octanol–water partition coefficient (Wildman–Crippen LogP) is 2.57. The minimum Gasteiger partial charge on any atom is -0.383 e. The summed E-state index contributed by atoms with van der Waals surface area (Å²) in [4.78, 5) is 2.36. The fourth-order valence-corrected chi connectivity index (χ4v) is 3.49. The topological polar surface area (TPSA) is 43.2 Å². The fraction of sp³-hybridized carbons (Fsp3) is 0.556. The SMILES string of the molecule is COC[C@H]1c2nnn(CC3CC3)c2CCN1Cc1ccc(F)cc1. The van der Waals surface area contributed by atoms with Gasteiger partial charge < -0.3 is 4.74 Å². The van der Waals surface area contributed by atoms with Crippen LogP contribution < -0.4 is 0 Å². The van der Waals surface area contributed by atoms with Crippen LogP contribution in [0.4, 0.5) is 4.39 Å². The molecule has 1 aromatic heterocycles. The normalized spacial score (nSPS) is 21.0. The van der Waals surface area contributed by atoms with Crippen LogP contribution in [-0.2, 0) is 24.2 Å². The molecule has 0 radical (unpaired) electrons. The Bertz CT molecular complexity index is 696. The van der Waals surface area contributed by atoms with Gasteiger partial charge in [0.2, 0.25) is 0 Å². The minimum absolute atomic E-state index is 0.108. The lowest BCUT2D eigenvalue weighted by molar-refractivity contribution is 0.0749. The highest BCUT2D eigenvalue weighted by Gasteiger charge is 2.33. The predicted molar refractivity (Wildman–Crippen MR) is 87.9 cm³/mol. The smallest absolute Gasteiger partial charge is 0.123 e. The van der Waals surface area contributed by atoms with Gasteiger partial charge in [0, 0.05) is 33.2 Å². The Kier molecular flexibility index (Phi) is 4.33. The van der Waals surface area contributed by atoms with Crippen LogP contribution in [-0.4, -0.2) is 40.2 Å². The van der Waals surface area contributed by atoms with E-state index in [0.29, 0.717) is 6.61 Å². The molecular weight excluding hydrogens is 307 g/mol. The zero-order valence-corrected chi connectivity index (χ0v) is 14.0. The number of hydrogen-bond donors (Lipinski definition) is 0. The van der Waals surface area contributed by atoms with Crippen LogP contribution in [0.15, 0.2) is 24.3 Å². The molecule has 1 atom stereocenters. The van der Waals surface area contributed by atoms with Gasteiger partial charge in [0.25, 0.3) is 0 Å². The second kappa shape index (κ2) is 6.61. The largest absolute Gasteiger partial charge is 0.383 e. The lowest BCUT2D eigenvalue weighted by Gasteiger charge is -2.34. The van der Waals surface area contributed by atoms with Crippen molar-refractivity contribution in [3.8, 4) is 0 Å². The van der Waals surface area contributed by atoms with E-state index in [-0.39, 0.29) is 11.9 Å². The molecule has 0 spiro atoms. The molecule has 4 rings (SSSR count). The minimum atomic E-state index is -0.198. The molecule has 1 saturated carbocycles. The third-order valence-corrected chi connectivity index (χ3v) is 5.01. The van der Waals surface area contributed by atoms with Crippen molar-refractivity contribution < 1.29 is 9.13 Å². The van der Waals surface area contributed by atoms with Crippen molar-refractivity contribution in [3.05, 3.63) is 47.0 Å². The molecule has 0 amide bonds. The molecule has 1 aliphatic carbocycles. The lowest BCUT2D eigenvalue weighted by Crippen LogP contribution is -2.38. The first kappa shape index (κ1) is 15.7. The molecule has 0 bridgehead atoms. The van der Waals surface area contributed by atoms with E-state index in [9.17, 15) is 4.39 Å². The van der Waals surface area contributed by atoms with Crippen LogP contribution in [0, 0.1) is 11.7 Å². The average molecular weight is 330 g/mol. The maximum atomic E-state index is 13.1. The van der Waals surface area contributed by atoms with Gasteiger partial charge in [-0.25, -0.2) is 9.07 Å². The third kappa shape index (κ3) is 3.21. The first-order valence-corrected chi connectivity index (χ1v) is 8.64. The summed E-state index contributed by atoms with van der Waals surface area (Å²) in [5.74, 6) is 0.588. The highest BCUT2D eigenvalue weighted by molar-refractivity contribution is 5.22. The van der Waals surface area contributed by atoms with Crippen LogP contribution in [0.2, 0.25) is 0 Å². The average Bonchev–Trinajstić information content (AvgIpc) is 3.31. The third-order valence-electron chi connectivity index (χ3n) is 5.01. The first-order chi connectivity index (χ1) is 11.7. The number of hydrogen-bond acceptors (Lipinski definition) is 4. The summed E-state index contributed by atoms with van der Waals surface area (Å²) in [5, 5.41) is 8.87. The number of benzene rings is 1. The van der Waals surface area contributed by atoms with Gasteiger partial charge in [0.1, 0.15) is 11.5 Å². The van der Waals surface area contributed by atoms with Gasteiger partial charge in [-0.1, -0.05) is 17.3 Å². The van der Waals surface area contributed by atoms with Gasteiger partial charge in [-0.3, -0.25) is 4.90 Å². The van der Waals surface area contributed by atoms with Crippen molar-refractivity contribution in [2.24, 2.45) is 5.92 Å². The lowest BCUT2D eigenvalue weighted by atomic mass is 10.0. The van der Waals surface area contributed by atoms with Crippen LogP contribution in [0.1, 0.15) is 35.8 Å². The Morgan fingerprint density at radius 3 is 2.75 bits per heavy atom. The zero-order valence-electron chi connectivity index (χ0n) is 14.0. The fourth-order valence-electron chi connectivity index (χ4n) is 3.49. The maximum absolute atomic E-state index is 13.1. The summed E-state index contributed by atoms with van der Waals surface area (Å²) in [6.07, 6.45) is 3.58. The number of rotatable bonds is 6. The number of fused-ring (bicyclic) bond motifs is 1. The Hall–Kier alpha value is -1.79. The quantitative estimate of drug-likeness (QED) is 0.816. The van der Waals surface area contributed by atoms with Gasteiger partial charge in [-0.05, 0) is 36.5 Å². The van der Waals surface area contributed by atoms with Gasteiger partial charge in [-0.2, -0.15) is 0 Å². The Morgan fingerprint density at radius 2 is 2.04 bits per heavy atom. The summed E-state index contributed by atoms with van der Waals surface area (Å²) in [7, 11) is 1.72. The van der Waals surface area contributed by atoms with Crippen molar-refractivity contribution in [1.82, 2.24) is 19.9 Å². The Labute approximate surface area is 141 Å². The zero-order chi connectivity index (χ0) is 16.5. The molecule has 2 heterocycles. The summed E-state index contributed by atoms with van der Waals surface area (Å²) in [6, 6.07) is 6.83. The van der Waals surface area contributed by atoms with E-state index in [1.54, 1.807) is 7.11 Å². The molecule has 24 heavy (non-hydrogen) atoms. The van der Waals surface area contributed by atoms with Crippen molar-refractivity contribution in [2.75, 3.05) is 20.3 Å². The van der Waals surface area contributed by atoms with E-state index in [0.717, 1.165) is 43.2 Å². The number of aromatic nitrogens is 3. The molecule has 6 heteroatoms. The Balaban J connectivity index is 1.55. The van der Waals surface area contributed by atoms with E-state index in [1.807, 2.05) is 12.1 Å². The van der Waals surface area contributed by atoms with Gasteiger partial charge in [-0.15, -0.1) is 5.10 Å². The van der Waals surface area contributed by atoms with Crippen LogP contribution >= 0.6 is 0 Å². The highest BCUT2D eigenvalue weighted by Crippen LogP contribution is 2.34. The molecule has 1 aliphatic heterocycles. The molecule has 2 aliphatic rings. The molecule has 0 N–H and O–H groups in total. The Morgan fingerprint density at radius 1 is 1.25 bits per heavy atom. The molecule has 1 fully saturated rings. The van der Waals surface area contributed by atoms with Crippen molar-refractivity contribution >= 4 is 0 Å². The molecular formula is C18H23FN4O. The second-order valence-electron chi connectivity index (χ2n) is 6.86. The molecule has 128 valence electrons. The van der Waals surface area contributed by atoms with Crippen molar-refractivity contribution in [2.45, 2.75) is 38.4 Å². The molecule has 2 aromatic rings. The number of methoxy groups -OCH3 is 1. The number of nitrogens with zero attached hydrogens (tertiary/aromatic N) is 4. The molecule has 5 nitrogen and oxygen atoms in total. The van der Waals surface area contributed by atoms with Crippen molar-refractivity contribution in [1.29, 1.82) is 0 Å². The highest BCUT2D eigenvalue weighted by atomic mass is 19.1. The van der Waals surface area contributed by atoms with Gasteiger partial charge in [0.05, 0.1) is 18.3 Å². The summed E-state index contributed by atoms with van der Waals surface area (Å²) >= 11 is 0. The number of ether oxygens (including phenoxy) is 1. The van der Waals surface area contributed by atoms with E-state index in [2.05, 4.69) is 19.9 Å². The van der Waals surface area contributed by atoms with Crippen LogP contribution in [0.5, 0.6) is 0 Å². The van der Waals surface area contributed by atoms with E-state index >= 15 is 0 Å². The van der Waals surface area contributed by atoms with Gasteiger partial charge >= 0.3 is 0 Å². The van der Waals surface area contributed by atoms with Crippen LogP contribution in [0.3, 0.4) is 0 Å². The van der Waals surface area contributed by atoms with Crippen molar-refractivity contribution in [3.63, 3.8) is 0 Å². The second-order valence-corrected chi connectivity index (χ2v) is 6.86. The molecule has 1 aromatic carbocycles. The molecule has 0 saturated heterocycles. The van der Waals surface area contributed by atoms with E-state index in [4.69, 9.17) is 4.74 Å². The van der Waals surface area contributed by atoms with Crippen LogP contribution in [0.25, 0.3) is 0 Å². The monoisotopic (exact) mass is 330 g/mol. The van der Waals surface area contributed by atoms with E-state index in [1.165, 1.54) is 30.7 Å². The summed E-state index contributed by atoms with van der Waals surface area (Å²) < 4.78 is 20.7. The summed E-state index contributed by atoms with van der Waals surface area (Å²) in [5.41, 5.74) is 3.41. The standard InChI is InChI=1S/C18H23FN4O/c1-24-12-17-18-16(23(21-20-18)11-14-2-3-14)8-9-22(17)10-13-4-6-15(19)7-5-13/h4-7,14,17H,2-3,8-12H2,1H3/t17-/m0/s1. The van der Waals surface area contributed by atoms with Gasteiger partial charge in [0.15, 0.2) is 0 Å². The number of halogens is 1. The van der Waals surface area contributed by atoms with E-state index < -0.39 is 0 Å². The maximum Gasteiger partial charge on any atom is 0.123 e. The first-order valence-electron chi connectivity index (χ1n) is 8.64. The molecule has 0 unspecified atom stereocenters. The summed E-state index contributed by atoms with van der Waals surface area (Å²) in [6.45, 7) is 3.30.